The molecule has 0 radical (unpaired) electrons. The number of likely N-dealkylation sites (tertiary alicyclic amines) is 1. The standard InChI is InChI=1S/C26H25ClN4O/c1-17-3-4-18(2)31(17)24(32)11-12-26(20-6-8-21(27)9-7-20)23-15-19(16-28)5-10-22(23)25-29-13-14-30(25)26/h5-10,13-15,17-18H,3-4,11-12H2,1-2H3. The zero-order valence-corrected chi connectivity index (χ0v) is 19.0. The van der Waals surface area contributed by atoms with Crippen LogP contribution in [0.2, 0.25) is 5.02 Å². The number of nitriles is 1. The summed E-state index contributed by atoms with van der Waals surface area (Å²) in [5.41, 5.74) is 3.02. The summed E-state index contributed by atoms with van der Waals surface area (Å²) in [7, 11) is 0. The maximum absolute atomic E-state index is 13.4. The van der Waals surface area contributed by atoms with Crippen molar-refractivity contribution >= 4 is 17.5 Å². The largest absolute Gasteiger partial charge is 0.337 e. The Morgan fingerprint density at radius 1 is 1.19 bits per heavy atom. The van der Waals surface area contributed by atoms with Gasteiger partial charge in [-0.3, -0.25) is 4.79 Å². The van der Waals surface area contributed by atoms with Crippen LogP contribution < -0.4 is 0 Å². The van der Waals surface area contributed by atoms with Gasteiger partial charge in [0.05, 0.1) is 17.2 Å². The molecule has 0 aliphatic carbocycles. The predicted octanol–water partition coefficient (Wildman–Crippen LogP) is 5.36. The molecular formula is C26H25ClN4O. The first-order valence-corrected chi connectivity index (χ1v) is 11.5. The Hall–Kier alpha value is -3.10. The van der Waals surface area contributed by atoms with Gasteiger partial charge in [-0.05, 0) is 74.6 Å². The summed E-state index contributed by atoms with van der Waals surface area (Å²) < 4.78 is 2.16. The lowest BCUT2D eigenvalue weighted by molar-refractivity contribution is -0.133. The molecule has 2 aliphatic heterocycles. The van der Waals surface area contributed by atoms with Crippen LogP contribution >= 0.6 is 11.6 Å². The molecule has 0 spiro atoms. The van der Waals surface area contributed by atoms with Crippen LogP contribution in [0.25, 0.3) is 11.4 Å². The van der Waals surface area contributed by atoms with Crippen LogP contribution in [0, 0.1) is 11.3 Å². The number of carbonyl (C=O) groups is 1. The molecule has 0 bridgehead atoms. The second-order valence-electron chi connectivity index (χ2n) is 8.94. The van der Waals surface area contributed by atoms with Crippen LogP contribution in [-0.4, -0.2) is 32.4 Å². The third-order valence-corrected chi connectivity index (χ3v) is 7.40. The first-order chi connectivity index (χ1) is 15.5. The number of fused-ring (bicyclic) bond motifs is 3. The number of rotatable bonds is 4. The lowest BCUT2D eigenvalue weighted by Crippen LogP contribution is -2.40. The molecule has 32 heavy (non-hydrogen) atoms. The molecule has 2 aliphatic rings. The van der Waals surface area contributed by atoms with Crippen LogP contribution in [-0.2, 0) is 10.3 Å². The average Bonchev–Trinajstić information content (AvgIpc) is 3.47. The lowest BCUT2D eigenvalue weighted by Gasteiger charge is -2.35. The van der Waals surface area contributed by atoms with E-state index in [1.807, 2.05) is 53.6 Å². The summed E-state index contributed by atoms with van der Waals surface area (Å²) in [6, 6.07) is 16.4. The number of imidazole rings is 1. The van der Waals surface area contributed by atoms with Gasteiger partial charge in [-0.15, -0.1) is 0 Å². The van der Waals surface area contributed by atoms with E-state index in [9.17, 15) is 10.1 Å². The Balaban J connectivity index is 1.64. The molecule has 5 nitrogen and oxygen atoms in total. The number of halogens is 1. The molecule has 1 aromatic heterocycles. The van der Waals surface area contributed by atoms with Crippen LogP contribution in [0.5, 0.6) is 0 Å². The summed E-state index contributed by atoms with van der Waals surface area (Å²) in [5, 5.41) is 10.2. The monoisotopic (exact) mass is 444 g/mol. The minimum Gasteiger partial charge on any atom is -0.337 e. The fourth-order valence-electron chi connectivity index (χ4n) is 5.61. The third-order valence-electron chi connectivity index (χ3n) is 7.15. The van der Waals surface area contributed by atoms with Crippen LogP contribution in [0.4, 0.5) is 0 Å². The van der Waals surface area contributed by atoms with Crippen molar-refractivity contribution in [1.29, 1.82) is 5.26 Å². The number of nitrogens with zero attached hydrogens (tertiary/aromatic N) is 4. The molecule has 3 unspecified atom stereocenters. The van der Waals surface area contributed by atoms with Crippen molar-refractivity contribution in [3.63, 3.8) is 0 Å². The Kier molecular flexibility index (Phi) is 5.06. The molecule has 0 saturated carbocycles. The van der Waals surface area contributed by atoms with E-state index in [2.05, 4.69) is 29.5 Å². The SMILES string of the molecule is CC1CCC(C)N1C(=O)CCC1(c2ccc(Cl)cc2)c2cc(C#N)ccc2-c2nccn21. The highest BCUT2D eigenvalue weighted by molar-refractivity contribution is 6.30. The predicted molar refractivity (Wildman–Crippen MR) is 124 cm³/mol. The number of carbonyl (C=O) groups excluding carboxylic acids is 1. The lowest BCUT2D eigenvalue weighted by atomic mass is 9.78. The molecule has 5 rings (SSSR count). The van der Waals surface area contributed by atoms with Crippen molar-refractivity contribution in [2.75, 3.05) is 0 Å². The number of amides is 1. The van der Waals surface area contributed by atoms with Gasteiger partial charge in [0.25, 0.3) is 0 Å². The second kappa shape index (κ2) is 7.79. The van der Waals surface area contributed by atoms with Crippen molar-refractivity contribution in [1.82, 2.24) is 14.5 Å². The molecule has 1 saturated heterocycles. The summed E-state index contributed by atoms with van der Waals surface area (Å²) in [6.07, 6.45) is 6.86. The van der Waals surface area contributed by atoms with E-state index in [-0.39, 0.29) is 18.0 Å². The van der Waals surface area contributed by atoms with E-state index >= 15 is 0 Å². The van der Waals surface area contributed by atoms with Gasteiger partial charge in [0.2, 0.25) is 5.91 Å². The first-order valence-electron chi connectivity index (χ1n) is 11.1. The van der Waals surface area contributed by atoms with Crippen molar-refractivity contribution in [3.05, 3.63) is 76.6 Å². The fraction of sp³-hybridized carbons (Fsp3) is 0.346. The summed E-state index contributed by atoms with van der Waals surface area (Å²) in [5.74, 6) is 1.04. The zero-order valence-electron chi connectivity index (χ0n) is 18.3. The number of benzene rings is 2. The summed E-state index contributed by atoms with van der Waals surface area (Å²) >= 11 is 6.21. The van der Waals surface area contributed by atoms with Gasteiger partial charge in [-0.25, -0.2) is 4.98 Å². The molecule has 3 aromatic rings. The zero-order chi connectivity index (χ0) is 22.5. The molecule has 1 amide bonds. The van der Waals surface area contributed by atoms with Crippen LogP contribution in [0.15, 0.2) is 54.9 Å². The van der Waals surface area contributed by atoms with Crippen molar-refractivity contribution in [3.8, 4) is 17.5 Å². The quantitative estimate of drug-likeness (QED) is 0.544. The molecule has 3 atom stereocenters. The molecule has 6 heteroatoms. The van der Waals surface area contributed by atoms with Gasteiger partial charge in [0.1, 0.15) is 5.82 Å². The Morgan fingerprint density at radius 2 is 1.91 bits per heavy atom. The van der Waals surface area contributed by atoms with Gasteiger partial charge in [-0.1, -0.05) is 23.7 Å². The van der Waals surface area contributed by atoms with Crippen LogP contribution in [0.1, 0.15) is 56.2 Å². The minimum absolute atomic E-state index is 0.183. The van der Waals surface area contributed by atoms with E-state index in [0.717, 1.165) is 35.4 Å². The fourth-order valence-corrected chi connectivity index (χ4v) is 5.74. The van der Waals surface area contributed by atoms with E-state index in [1.165, 1.54) is 0 Å². The molecule has 0 N–H and O–H groups in total. The Morgan fingerprint density at radius 3 is 2.59 bits per heavy atom. The number of hydrogen-bond donors (Lipinski definition) is 0. The Bertz CT molecular complexity index is 1220. The molecular weight excluding hydrogens is 420 g/mol. The third kappa shape index (κ3) is 3.05. The first kappa shape index (κ1) is 20.8. The smallest absolute Gasteiger partial charge is 0.223 e. The van der Waals surface area contributed by atoms with Gasteiger partial charge in [0, 0.05) is 41.5 Å². The number of hydrogen-bond acceptors (Lipinski definition) is 3. The number of aromatic nitrogens is 2. The van der Waals surface area contributed by atoms with Gasteiger partial charge < -0.3 is 9.47 Å². The molecule has 162 valence electrons. The maximum atomic E-state index is 13.4. The van der Waals surface area contributed by atoms with E-state index in [4.69, 9.17) is 11.6 Å². The maximum Gasteiger partial charge on any atom is 0.223 e. The van der Waals surface area contributed by atoms with E-state index < -0.39 is 5.54 Å². The van der Waals surface area contributed by atoms with Crippen molar-refractivity contribution in [2.24, 2.45) is 0 Å². The Labute approximate surface area is 193 Å². The van der Waals surface area contributed by atoms with Crippen molar-refractivity contribution in [2.45, 2.75) is 57.2 Å². The van der Waals surface area contributed by atoms with Crippen LogP contribution in [0.3, 0.4) is 0 Å². The molecule has 3 heterocycles. The summed E-state index contributed by atoms with van der Waals surface area (Å²) in [6.45, 7) is 4.27. The molecule has 2 aromatic carbocycles. The highest BCUT2D eigenvalue weighted by Crippen LogP contribution is 2.50. The highest BCUT2D eigenvalue weighted by Gasteiger charge is 2.46. The van der Waals surface area contributed by atoms with Crippen molar-refractivity contribution < 1.29 is 4.79 Å². The normalized spacial score (nSPS) is 23.6. The second-order valence-corrected chi connectivity index (χ2v) is 9.37. The molecule has 1 fully saturated rings. The summed E-state index contributed by atoms with van der Waals surface area (Å²) in [4.78, 5) is 20.0. The minimum atomic E-state index is -0.625. The van der Waals surface area contributed by atoms with Gasteiger partial charge in [0.15, 0.2) is 0 Å². The van der Waals surface area contributed by atoms with E-state index in [1.54, 1.807) is 6.20 Å². The topological polar surface area (TPSA) is 61.9 Å². The van der Waals surface area contributed by atoms with E-state index in [0.29, 0.717) is 23.4 Å². The highest BCUT2D eigenvalue weighted by atomic mass is 35.5. The van der Waals surface area contributed by atoms with Gasteiger partial charge in [-0.2, -0.15) is 5.26 Å². The van der Waals surface area contributed by atoms with Gasteiger partial charge >= 0.3 is 0 Å². The average molecular weight is 445 g/mol.